The number of nitro groups is 1. The number of nitrogens with zero attached hydrogens (tertiary/aromatic N) is 4. The summed E-state index contributed by atoms with van der Waals surface area (Å²) < 4.78 is 5.24. The van der Waals surface area contributed by atoms with E-state index in [-0.39, 0.29) is 30.0 Å². The second-order valence-electron chi connectivity index (χ2n) is 7.81. The van der Waals surface area contributed by atoms with Crippen LogP contribution in [0.4, 0.5) is 11.6 Å². The van der Waals surface area contributed by atoms with Gasteiger partial charge in [-0.15, -0.1) is 12.4 Å². The molecule has 0 unspecified atom stereocenters. The lowest BCUT2D eigenvalue weighted by Crippen LogP contribution is -2.30. The van der Waals surface area contributed by atoms with Crippen LogP contribution in [-0.4, -0.2) is 28.0 Å². The van der Waals surface area contributed by atoms with Crippen LogP contribution < -0.4 is 15.8 Å². The lowest BCUT2D eigenvalue weighted by Gasteiger charge is -2.09. The molecule has 36 heavy (non-hydrogen) atoms. The first-order chi connectivity index (χ1) is 16.9. The second-order valence-corrected chi connectivity index (χ2v) is 7.81. The van der Waals surface area contributed by atoms with Gasteiger partial charge in [0, 0.05) is 29.8 Å². The van der Waals surface area contributed by atoms with Crippen molar-refractivity contribution in [3.8, 4) is 28.3 Å². The van der Waals surface area contributed by atoms with Crippen LogP contribution in [0.3, 0.4) is 0 Å². The Labute approximate surface area is 214 Å². The quantitative estimate of drug-likeness (QED) is 0.153. The van der Waals surface area contributed by atoms with E-state index in [1.165, 1.54) is 17.7 Å². The fourth-order valence-electron chi connectivity index (χ4n) is 3.37. The van der Waals surface area contributed by atoms with Gasteiger partial charge in [0.1, 0.15) is 5.75 Å². The maximum absolute atomic E-state index is 11.3. The third kappa shape index (κ3) is 6.55. The highest BCUT2D eigenvalue weighted by Crippen LogP contribution is 2.29. The number of nitro benzene ring substituents is 1. The first-order valence-electron chi connectivity index (χ1n) is 10.8. The molecule has 184 valence electrons. The van der Waals surface area contributed by atoms with E-state index >= 15 is 0 Å². The molecular weight excluding hydrogens is 480 g/mol. The van der Waals surface area contributed by atoms with E-state index in [0.717, 1.165) is 11.1 Å². The van der Waals surface area contributed by atoms with Crippen molar-refractivity contribution < 1.29 is 9.66 Å². The Bertz CT molecular complexity index is 1380. The van der Waals surface area contributed by atoms with Gasteiger partial charge in [-0.05, 0) is 42.8 Å². The molecule has 9 nitrogen and oxygen atoms in total. The van der Waals surface area contributed by atoms with Crippen LogP contribution in [0.2, 0.25) is 0 Å². The van der Waals surface area contributed by atoms with E-state index in [1.807, 2.05) is 55.5 Å². The number of aryl methyl sites for hydroxylation is 1. The van der Waals surface area contributed by atoms with E-state index < -0.39 is 4.92 Å². The molecule has 1 heterocycles. The maximum atomic E-state index is 11.3. The van der Waals surface area contributed by atoms with Gasteiger partial charge in [0.2, 0.25) is 0 Å². The fourth-order valence-corrected chi connectivity index (χ4v) is 3.37. The number of aliphatic imine (C=N–C) groups is 1. The number of rotatable bonds is 7. The second kappa shape index (κ2) is 11.8. The van der Waals surface area contributed by atoms with E-state index in [2.05, 4.69) is 20.3 Å². The zero-order valence-electron chi connectivity index (χ0n) is 19.7. The van der Waals surface area contributed by atoms with E-state index in [4.69, 9.17) is 10.5 Å². The summed E-state index contributed by atoms with van der Waals surface area (Å²) in [4.78, 5) is 24.2. The Morgan fingerprint density at radius 3 is 2.31 bits per heavy atom. The highest BCUT2D eigenvalue weighted by molar-refractivity contribution is 5.85. The number of guanidine groups is 1. The highest BCUT2D eigenvalue weighted by atomic mass is 35.5. The van der Waals surface area contributed by atoms with Gasteiger partial charge in [-0.3, -0.25) is 10.1 Å². The fraction of sp³-hybridized carbons (Fsp3) is 0.115. The molecule has 0 saturated heterocycles. The average molecular weight is 505 g/mol. The third-order valence-corrected chi connectivity index (χ3v) is 5.27. The van der Waals surface area contributed by atoms with E-state index in [1.54, 1.807) is 25.3 Å². The number of nitrogens with two attached hydrogens (primary N) is 1. The summed E-state index contributed by atoms with van der Waals surface area (Å²) in [6.07, 6.45) is 0. The molecule has 0 saturated carbocycles. The minimum absolute atomic E-state index is 0. The van der Waals surface area contributed by atoms with Crippen LogP contribution in [0.1, 0.15) is 11.1 Å². The number of halogens is 1. The van der Waals surface area contributed by atoms with Crippen LogP contribution in [0.15, 0.2) is 83.9 Å². The first-order valence-corrected chi connectivity index (χ1v) is 10.8. The van der Waals surface area contributed by atoms with Crippen molar-refractivity contribution >= 4 is 30.0 Å². The summed E-state index contributed by atoms with van der Waals surface area (Å²) in [7, 11) is 1.60. The molecule has 0 amide bonds. The summed E-state index contributed by atoms with van der Waals surface area (Å²) >= 11 is 0. The highest BCUT2D eigenvalue weighted by Gasteiger charge is 2.12. The zero-order valence-corrected chi connectivity index (χ0v) is 20.5. The van der Waals surface area contributed by atoms with Gasteiger partial charge >= 0.3 is 0 Å². The Morgan fingerprint density at radius 1 is 1.00 bits per heavy atom. The smallest absolute Gasteiger partial charge is 0.270 e. The van der Waals surface area contributed by atoms with Crippen molar-refractivity contribution in [1.82, 2.24) is 15.3 Å². The van der Waals surface area contributed by atoms with Crippen molar-refractivity contribution in [3.05, 3.63) is 100 Å². The van der Waals surface area contributed by atoms with Crippen molar-refractivity contribution in [2.75, 3.05) is 7.11 Å². The predicted octanol–water partition coefficient (Wildman–Crippen LogP) is 5.19. The normalized spacial score (nSPS) is 10.9. The number of benzene rings is 3. The largest absolute Gasteiger partial charge is 0.497 e. The SMILES string of the molecule is COc1ccc(-c2cc(-c3cccc([N+](=O)[O-])c3)nc(N=C(N)NCc3ccc(C)cc3)n2)cc1.Cl. The van der Waals surface area contributed by atoms with Gasteiger partial charge in [-0.25, -0.2) is 9.97 Å². The molecule has 0 fully saturated rings. The summed E-state index contributed by atoms with van der Waals surface area (Å²) in [5.74, 6) is 1.00. The van der Waals surface area contributed by atoms with Gasteiger partial charge in [-0.1, -0.05) is 42.0 Å². The number of aromatic nitrogens is 2. The van der Waals surface area contributed by atoms with Crippen LogP contribution in [0.25, 0.3) is 22.5 Å². The van der Waals surface area contributed by atoms with E-state index in [0.29, 0.717) is 29.2 Å². The van der Waals surface area contributed by atoms with Crippen LogP contribution >= 0.6 is 12.4 Å². The molecule has 0 spiro atoms. The van der Waals surface area contributed by atoms with Crippen molar-refractivity contribution in [2.45, 2.75) is 13.5 Å². The lowest BCUT2D eigenvalue weighted by molar-refractivity contribution is -0.384. The standard InChI is InChI=1S/C26H24N6O3.ClH/c1-17-6-8-18(9-7-17)16-28-25(27)31-26-29-23(19-10-12-22(35-2)13-11-19)15-24(30-26)20-4-3-5-21(14-20)32(33)34;/h3-15H,16H2,1-2H3,(H3,27,28,29,30,31);1H. The third-order valence-electron chi connectivity index (χ3n) is 5.27. The zero-order chi connectivity index (χ0) is 24.8. The molecule has 10 heteroatoms. The predicted molar refractivity (Wildman–Crippen MR) is 143 cm³/mol. The maximum Gasteiger partial charge on any atom is 0.270 e. The van der Waals surface area contributed by atoms with Gasteiger partial charge < -0.3 is 15.8 Å². The molecule has 0 aliphatic carbocycles. The number of nitrogens with one attached hydrogen (secondary N) is 1. The van der Waals surface area contributed by atoms with Crippen molar-refractivity contribution in [1.29, 1.82) is 0 Å². The number of ether oxygens (including phenoxy) is 1. The van der Waals surface area contributed by atoms with Crippen LogP contribution in [-0.2, 0) is 6.54 Å². The monoisotopic (exact) mass is 504 g/mol. The molecule has 3 aromatic carbocycles. The van der Waals surface area contributed by atoms with Gasteiger partial charge in [0.05, 0.1) is 23.4 Å². The molecule has 0 aliphatic heterocycles. The topological polar surface area (TPSA) is 129 Å². The van der Waals surface area contributed by atoms with Gasteiger partial charge in [0.15, 0.2) is 5.96 Å². The lowest BCUT2D eigenvalue weighted by atomic mass is 10.1. The van der Waals surface area contributed by atoms with Crippen molar-refractivity contribution in [3.63, 3.8) is 0 Å². The van der Waals surface area contributed by atoms with Gasteiger partial charge in [0.25, 0.3) is 11.6 Å². The molecule has 0 radical (unpaired) electrons. The summed E-state index contributed by atoms with van der Waals surface area (Å²) in [6, 6.07) is 23.5. The minimum atomic E-state index is -0.443. The molecule has 0 aliphatic rings. The molecule has 4 aromatic rings. The Kier molecular flexibility index (Phi) is 8.53. The number of hydrogen-bond acceptors (Lipinski definition) is 6. The summed E-state index contributed by atoms with van der Waals surface area (Å²) in [5.41, 5.74) is 10.8. The van der Waals surface area contributed by atoms with Crippen LogP contribution in [0, 0.1) is 17.0 Å². The minimum Gasteiger partial charge on any atom is -0.497 e. The van der Waals surface area contributed by atoms with E-state index in [9.17, 15) is 10.1 Å². The Morgan fingerprint density at radius 2 is 1.67 bits per heavy atom. The average Bonchev–Trinajstić information content (AvgIpc) is 2.88. The molecule has 0 atom stereocenters. The van der Waals surface area contributed by atoms with Crippen LogP contribution in [0.5, 0.6) is 5.75 Å². The number of hydrogen-bond donors (Lipinski definition) is 2. The molecule has 3 N–H and O–H groups in total. The summed E-state index contributed by atoms with van der Waals surface area (Å²) in [6.45, 7) is 2.52. The summed E-state index contributed by atoms with van der Waals surface area (Å²) in [5, 5.41) is 14.3. The molecule has 4 rings (SSSR count). The number of methoxy groups -OCH3 is 1. The molecule has 0 bridgehead atoms. The molecular formula is C26H25ClN6O3. The first kappa shape index (κ1) is 26.1. The Hall–Kier alpha value is -4.50. The van der Waals surface area contributed by atoms with Crippen molar-refractivity contribution in [2.24, 2.45) is 10.7 Å². The molecule has 1 aromatic heterocycles. The van der Waals surface area contributed by atoms with Gasteiger partial charge in [-0.2, -0.15) is 4.99 Å². The Balaban J connectivity index is 0.00000361. The number of non-ortho nitro benzene ring substituents is 1.